The van der Waals surface area contributed by atoms with E-state index in [2.05, 4.69) is 15.4 Å². The van der Waals surface area contributed by atoms with Crippen molar-refractivity contribution in [3.05, 3.63) is 40.2 Å². The Labute approximate surface area is 137 Å². The van der Waals surface area contributed by atoms with E-state index in [1.165, 1.54) is 32.2 Å². The fourth-order valence-electron chi connectivity index (χ4n) is 3.05. The standard InChI is InChI=1S/C14H17N5O5/c1-14(20)12(19(21)22)10(18-13(17-14)15-7-16-18)8-5-4-6-9(23-2)11(8)24-3/h4-7,10,12,20H,1-3H3,(H,15,16,17)/t10-,12-,14+/m0/s1. The minimum Gasteiger partial charge on any atom is -0.493 e. The predicted octanol–water partition coefficient (Wildman–Crippen LogP) is 0.664. The molecular formula is C14H17N5O5. The lowest BCUT2D eigenvalue weighted by Gasteiger charge is -2.38. The fraction of sp³-hybridized carbons (Fsp3) is 0.429. The van der Waals surface area contributed by atoms with Gasteiger partial charge in [0.1, 0.15) is 6.33 Å². The molecule has 0 saturated heterocycles. The van der Waals surface area contributed by atoms with Gasteiger partial charge in [0, 0.05) is 10.5 Å². The first kappa shape index (κ1) is 16.0. The van der Waals surface area contributed by atoms with Crippen molar-refractivity contribution < 1.29 is 19.5 Å². The monoisotopic (exact) mass is 335 g/mol. The molecule has 0 radical (unpaired) electrons. The van der Waals surface area contributed by atoms with E-state index in [1.807, 2.05) is 0 Å². The molecule has 24 heavy (non-hydrogen) atoms. The van der Waals surface area contributed by atoms with E-state index in [4.69, 9.17) is 9.47 Å². The number of benzene rings is 1. The molecule has 0 saturated carbocycles. The number of aliphatic hydroxyl groups is 1. The second-order valence-electron chi connectivity index (χ2n) is 5.56. The molecule has 2 N–H and O–H groups in total. The minimum absolute atomic E-state index is 0.230. The highest BCUT2D eigenvalue weighted by molar-refractivity contribution is 5.50. The number of para-hydroxylation sites is 1. The number of rotatable bonds is 4. The van der Waals surface area contributed by atoms with Crippen molar-refractivity contribution in [3.8, 4) is 11.5 Å². The van der Waals surface area contributed by atoms with Crippen LogP contribution in [0, 0.1) is 10.1 Å². The van der Waals surface area contributed by atoms with Gasteiger partial charge in [0.2, 0.25) is 11.7 Å². The topological polar surface area (TPSA) is 125 Å². The molecule has 0 bridgehead atoms. The lowest BCUT2D eigenvalue weighted by Crippen LogP contribution is -2.58. The number of fused-ring (bicyclic) bond motifs is 1. The van der Waals surface area contributed by atoms with Gasteiger partial charge in [-0.15, -0.1) is 0 Å². The number of nitrogens with one attached hydrogen (secondary N) is 1. The van der Waals surface area contributed by atoms with Crippen molar-refractivity contribution in [2.75, 3.05) is 19.5 Å². The summed E-state index contributed by atoms with van der Waals surface area (Å²) in [7, 11) is 2.93. The third kappa shape index (κ3) is 2.31. The first-order chi connectivity index (χ1) is 11.4. The van der Waals surface area contributed by atoms with Crippen LogP contribution in [0.4, 0.5) is 5.95 Å². The average molecular weight is 335 g/mol. The average Bonchev–Trinajstić information content (AvgIpc) is 2.98. The zero-order valence-electron chi connectivity index (χ0n) is 13.3. The Kier molecular flexibility index (Phi) is 3.76. The van der Waals surface area contributed by atoms with Gasteiger partial charge in [-0.05, 0) is 13.0 Å². The van der Waals surface area contributed by atoms with Crippen LogP contribution in [-0.4, -0.2) is 50.8 Å². The van der Waals surface area contributed by atoms with Gasteiger partial charge in [0.25, 0.3) is 6.04 Å². The lowest BCUT2D eigenvalue weighted by molar-refractivity contribution is -0.549. The number of ether oxygens (including phenoxy) is 2. The summed E-state index contributed by atoms with van der Waals surface area (Å²) in [6.45, 7) is 1.33. The van der Waals surface area contributed by atoms with E-state index in [1.54, 1.807) is 18.2 Å². The minimum atomic E-state index is -1.83. The van der Waals surface area contributed by atoms with E-state index >= 15 is 0 Å². The van der Waals surface area contributed by atoms with Crippen LogP contribution in [0.25, 0.3) is 0 Å². The van der Waals surface area contributed by atoms with Crippen LogP contribution in [0.5, 0.6) is 11.5 Å². The summed E-state index contributed by atoms with van der Waals surface area (Å²) in [5.41, 5.74) is -1.36. The van der Waals surface area contributed by atoms with Crippen LogP contribution < -0.4 is 14.8 Å². The lowest BCUT2D eigenvalue weighted by atomic mass is 9.90. The highest BCUT2D eigenvalue weighted by Crippen LogP contribution is 2.43. The molecule has 2 aromatic rings. The first-order valence-corrected chi connectivity index (χ1v) is 7.15. The Morgan fingerprint density at radius 2 is 2.17 bits per heavy atom. The molecule has 0 unspecified atom stereocenters. The Balaban J connectivity index is 2.26. The molecule has 1 aromatic carbocycles. The summed E-state index contributed by atoms with van der Waals surface area (Å²) < 4.78 is 12.0. The van der Waals surface area contributed by atoms with Crippen molar-refractivity contribution in [2.24, 2.45) is 0 Å². The smallest absolute Gasteiger partial charge is 0.285 e. The summed E-state index contributed by atoms with van der Waals surface area (Å²) in [4.78, 5) is 15.2. The van der Waals surface area contributed by atoms with Gasteiger partial charge in [0.05, 0.1) is 14.2 Å². The molecule has 10 heteroatoms. The molecule has 128 valence electrons. The third-order valence-corrected chi connectivity index (χ3v) is 4.06. The van der Waals surface area contributed by atoms with Crippen molar-refractivity contribution in [3.63, 3.8) is 0 Å². The number of methoxy groups -OCH3 is 2. The number of nitro groups is 1. The maximum absolute atomic E-state index is 11.7. The zero-order valence-corrected chi connectivity index (χ0v) is 13.3. The summed E-state index contributed by atoms with van der Waals surface area (Å²) >= 11 is 0. The van der Waals surface area contributed by atoms with Crippen molar-refractivity contribution >= 4 is 5.95 Å². The highest BCUT2D eigenvalue weighted by Gasteiger charge is 2.54. The Morgan fingerprint density at radius 1 is 1.42 bits per heavy atom. The Hall–Kier alpha value is -2.88. The molecule has 1 aliphatic rings. The normalized spacial score (nSPS) is 25.5. The van der Waals surface area contributed by atoms with Gasteiger partial charge < -0.3 is 19.9 Å². The summed E-state index contributed by atoms with van der Waals surface area (Å²) in [5, 5.41) is 29.0. The molecule has 3 atom stereocenters. The fourth-order valence-corrected chi connectivity index (χ4v) is 3.05. The molecule has 1 aliphatic heterocycles. The van der Waals surface area contributed by atoms with E-state index in [9.17, 15) is 15.2 Å². The van der Waals surface area contributed by atoms with Crippen LogP contribution in [0.2, 0.25) is 0 Å². The summed E-state index contributed by atoms with van der Waals surface area (Å²) in [6, 6.07) is 2.70. The molecular weight excluding hydrogens is 318 g/mol. The van der Waals surface area contributed by atoms with Gasteiger partial charge in [0.15, 0.2) is 17.5 Å². The van der Waals surface area contributed by atoms with Gasteiger partial charge in [-0.25, -0.2) is 4.68 Å². The molecule has 3 rings (SSSR count). The largest absolute Gasteiger partial charge is 0.493 e. The number of aromatic nitrogens is 3. The van der Waals surface area contributed by atoms with Crippen LogP contribution in [0.1, 0.15) is 18.5 Å². The van der Waals surface area contributed by atoms with Gasteiger partial charge in [-0.2, -0.15) is 10.1 Å². The molecule has 1 aromatic heterocycles. The number of nitrogens with zero attached hydrogens (tertiary/aromatic N) is 4. The van der Waals surface area contributed by atoms with Crippen LogP contribution in [0.3, 0.4) is 0 Å². The third-order valence-electron chi connectivity index (χ3n) is 4.06. The van der Waals surface area contributed by atoms with Crippen LogP contribution >= 0.6 is 0 Å². The number of hydrogen-bond acceptors (Lipinski definition) is 8. The Bertz CT molecular complexity index is 775. The predicted molar refractivity (Wildman–Crippen MR) is 82.7 cm³/mol. The van der Waals surface area contributed by atoms with Crippen molar-refractivity contribution in [2.45, 2.75) is 24.7 Å². The zero-order chi connectivity index (χ0) is 17.5. The highest BCUT2D eigenvalue weighted by atomic mass is 16.6. The van der Waals surface area contributed by atoms with Crippen LogP contribution in [0.15, 0.2) is 24.5 Å². The molecule has 2 heterocycles. The molecule has 0 spiro atoms. The maximum atomic E-state index is 11.7. The second-order valence-corrected chi connectivity index (χ2v) is 5.56. The van der Waals surface area contributed by atoms with Gasteiger partial charge in [-0.1, -0.05) is 12.1 Å². The van der Waals surface area contributed by atoms with Crippen molar-refractivity contribution in [1.29, 1.82) is 0 Å². The van der Waals surface area contributed by atoms with E-state index in [0.29, 0.717) is 17.1 Å². The van der Waals surface area contributed by atoms with Crippen molar-refractivity contribution in [1.82, 2.24) is 14.8 Å². The molecule has 0 aliphatic carbocycles. The van der Waals surface area contributed by atoms with Crippen LogP contribution in [-0.2, 0) is 0 Å². The Morgan fingerprint density at radius 3 is 2.79 bits per heavy atom. The SMILES string of the molecule is COc1cccc([C@H]2[C@H]([N+](=O)[O-])[C@@](C)(O)Nc3ncnn32)c1OC. The quantitative estimate of drug-likeness (QED) is 0.617. The second kappa shape index (κ2) is 5.64. The van der Waals surface area contributed by atoms with Gasteiger partial charge >= 0.3 is 0 Å². The number of hydrogen-bond donors (Lipinski definition) is 2. The summed E-state index contributed by atoms with van der Waals surface area (Å²) in [6.07, 6.45) is 1.26. The van der Waals surface area contributed by atoms with Gasteiger partial charge in [-0.3, -0.25) is 10.1 Å². The first-order valence-electron chi connectivity index (χ1n) is 7.15. The molecule has 0 fully saturated rings. The van der Waals surface area contributed by atoms with E-state index < -0.39 is 22.7 Å². The van der Waals surface area contributed by atoms with E-state index in [-0.39, 0.29) is 5.95 Å². The molecule has 10 nitrogen and oxygen atoms in total. The molecule has 0 amide bonds. The van der Waals surface area contributed by atoms with E-state index in [0.717, 1.165) is 0 Å². The number of anilines is 1. The summed E-state index contributed by atoms with van der Waals surface area (Å²) in [5.74, 6) is 1.00. The maximum Gasteiger partial charge on any atom is 0.285 e.